The molecule has 2 rings (SSSR count). The molecule has 0 amide bonds. The topological polar surface area (TPSA) is 38.9 Å². The van der Waals surface area contributed by atoms with Gasteiger partial charge >= 0.3 is 0 Å². The Hall–Kier alpha value is -1.35. The maximum atomic E-state index is 13.8. The second kappa shape index (κ2) is 4.15. The van der Waals surface area contributed by atoms with E-state index in [1.165, 1.54) is 12.1 Å². The third-order valence-electron chi connectivity index (χ3n) is 2.88. The van der Waals surface area contributed by atoms with Gasteiger partial charge in [-0.05, 0) is 30.5 Å². The molecular formula is C13H14ClFN2. The Morgan fingerprint density at radius 3 is 2.59 bits per heavy atom. The van der Waals surface area contributed by atoms with Crippen molar-refractivity contribution in [3.05, 3.63) is 34.2 Å². The maximum Gasteiger partial charge on any atom is 0.134 e. The van der Waals surface area contributed by atoms with Gasteiger partial charge in [0.1, 0.15) is 5.82 Å². The zero-order chi connectivity index (χ0) is 12.7. The van der Waals surface area contributed by atoms with Crippen molar-refractivity contribution in [1.82, 2.24) is 4.98 Å². The van der Waals surface area contributed by atoms with E-state index < -0.39 is 0 Å². The van der Waals surface area contributed by atoms with E-state index in [4.69, 9.17) is 17.3 Å². The van der Waals surface area contributed by atoms with Crippen LogP contribution >= 0.6 is 11.6 Å². The Morgan fingerprint density at radius 2 is 2.00 bits per heavy atom. The van der Waals surface area contributed by atoms with Gasteiger partial charge < -0.3 is 5.73 Å². The predicted molar refractivity (Wildman–Crippen MR) is 69.9 cm³/mol. The Morgan fingerprint density at radius 1 is 1.35 bits per heavy atom. The molecule has 0 fully saturated rings. The fraction of sp³-hybridized carbons (Fsp3) is 0.308. The molecule has 0 atom stereocenters. The van der Waals surface area contributed by atoms with Gasteiger partial charge in [-0.2, -0.15) is 0 Å². The molecule has 0 saturated heterocycles. The molecule has 1 aromatic carbocycles. The van der Waals surface area contributed by atoms with Gasteiger partial charge in [0.2, 0.25) is 0 Å². The molecule has 0 aliphatic heterocycles. The fourth-order valence-electron chi connectivity index (χ4n) is 2.19. The van der Waals surface area contributed by atoms with Crippen molar-refractivity contribution in [3.63, 3.8) is 0 Å². The first-order valence-electron chi connectivity index (χ1n) is 5.47. The molecule has 0 aliphatic rings. The highest BCUT2D eigenvalue weighted by Gasteiger charge is 2.17. The van der Waals surface area contributed by atoms with E-state index >= 15 is 0 Å². The molecule has 2 N–H and O–H groups in total. The van der Waals surface area contributed by atoms with Crippen molar-refractivity contribution in [3.8, 4) is 0 Å². The number of hydrogen-bond donors (Lipinski definition) is 1. The van der Waals surface area contributed by atoms with Gasteiger partial charge in [0.15, 0.2) is 0 Å². The number of pyridine rings is 1. The molecular weight excluding hydrogens is 239 g/mol. The number of aryl methyl sites for hydroxylation is 1. The van der Waals surface area contributed by atoms with Gasteiger partial charge in [0, 0.05) is 11.4 Å². The molecule has 0 aliphatic carbocycles. The van der Waals surface area contributed by atoms with Crippen molar-refractivity contribution in [2.75, 3.05) is 5.73 Å². The van der Waals surface area contributed by atoms with Gasteiger partial charge in [0.25, 0.3) is 0 Å². The summed E-state index contributed by atoms with van der Waals surface area (Å²) in [6.07, 6.45) is 0. The number of anilines is 1. The average molecular weight is 253 g/mol. The number of hydrogen-bond acceptors (Lipinski definition) is 2. The van der Waals surface area contributed by atoms with Crippen molar-refractivity contribution in [2.45, 2.75) is 26.7 Å². The molecule has 4 heteroatoms. The lowest BCUT2D eigenvalue weighted by molar-refractivity contribution is 0.639. The molecule has 2 nitrogen and oxygen atoms in total. The van der Waals surface area contributed by atoms with Crippen LogP contribution in [0.3, 0.4) is 0 Å². The van der Waals surface area contributed by atoms with Crippen molar-refractivity contribution in [2.24, 2.45) is 0 Å². The van der Waals surface area contributed by atoms with Crippen LogP contribution in [-0.4, -0.2) is 4.98 Å². The highest BCUT2D eigenvalue weighted by atomic mass is 35.5. The fourth-order valence-corrected chi connectivity index (χ4v) is 2.39. The summed E-state index contributed by atoms with van der Waals surface area (Å²) < 4.78 is 13.8. The lowest BCUT2D eigenvalue weighted by Gasteiger charge is -2.15. The van der Waals surface area contributed by atoms with Gasteiger partial charge in [0.05, 0.1) is 15.9 Å². The van der Waals surface area contributed by atoms with Crippen LogP contribution in [0, 0.1) is 12.7 Å². The zero-order valence-electron chi connectivity index (χ0n) is 10.0. The smallest absolute Gasteiger partial charge is 0.134 e. The van der Waals surface area contributed by atoms with Gasteiger partial charge in [-0.3, -0.25) is 4.98 Å². The van der Waals surface area contributed by atoms with E-state index in [1.54, 1.807) is 0 Å². The summed E-state index contributed by atoms with van der Waals surface area (Å²) >= 11 is 6.02. The molecule has 1 heterocycles. The van der Waals surface area contributed by atoms with Crippen LogP contribution in [0.2, 0.25) is 5.02 Å². The van der Waals surface area contributed by atoms with Crippen LogP contribution in [0.5, 0.6) is 0 Å². The highest BCUT2D eigenvalue weighted by Crippen LogP contribution is 2.35. The van der Waals surface area contributed by atoms with E-state index in [1.807, 2.05) is 20.8 Å². The minimum atomic E-state index is -0.378. The molecule has 2 aromatic rings. The SMILES string of the molecule is Cc1nc2c(Cl)ccc(F)c2c(N)c1C(C)C. The van der Waals surface area contributed by atoms with Crippen LogP contribution in [0.1, 0.15) is 31.0 Å². The summed E-state index contributed by atoms with van der Waals surface area (Å²) in [5, 5.41) is 0.748. The van der Waals surface area contributed by atoms with E-state index in [0.717, 1.165) is 11.3 Å². The second-order valence-corrected chi connectivity index (χ2v) is 4.84. The number of rotatable bonds is 1. The second-order valence-electron chi connectivity index (χ2n) is 4.43. The number of nitrogen functional groups attached to an aromatic ring is 1. The molecule has 0 saturated carbocycles. The number of benzene rings is 1. The first-order valence-corrected chi connectivity index (χ1v) is 5.85. The van der Waals surface area contributed by atoms with Gasteiger partial charge in [-0.25, -0.2) is 4.39 Å². The van der Waals surface area contributed by atoms with Gasteiger partial charge in [-0.1, -0.05) is 25.4 Å². The Labute approximate surface area is 105 Å². The van der Waals surface area contributed by atoms with Crippen molar-refractivity contribution >= 4 is 28.2 Å². The normalized spacial score (nSPS) is 11.4. The first-order chi connectivity index (χ1) is 7.93. The molecule has 0 radical (unpaired) electrons. The number of nitrogens with two attached hydrogens (primary N) is 1. The van der Waals surface area contributed by atoms with Crippen LogP contribution in [0.25, 0.3) is 10.9 Å². The lowest BCUT2D eigenvalue weighted by Crippen LogP contribution is -2.04. The molecule has 90 valence electrons. The summed E-state index contributed by atoms with van der Waals surface area (Å²) in [6.45, 7) is 5.88. The third kappa shape index (κ3) is 1.84. The van der Waals surface area contributed by atoms with E-state index in [9.17, 15) is 4.39 Å². The number of halogens is 2. The average Bonchev–Trinajstić information content (AvgIpc) is 2.22. The molecule has 0 bridgehead atoms. The standard InChI is InChI=1S/C13H14ClFN2/c1-6(2)10-7(3)17-13-8(14)4-5-9(15)11(13)12(10)16/h4-6H,1-3H3,(H2,16,17). The lowest BCUT2D eigenvalue weighted by atomic mass is 9.97. The highest BCUT2D eigenvalue weighted by molar-refractivity contribution is 6.35. The minimum absolute atomic E-state index is 0.199. The predicted octanol–water partition coefficient (Wildman–Crippen LogP) is 4.04. The van der Waals surface area contributed by atoms with E-state index in [2.05, 4.69) is 4.98 Å². The first kappa shape index (κ1) is 12.1. The van der Waals surface area contributed by atoms with Crippen LogP contribution in [-0.2, 0) is 0 Å². The van der Waals surface area contributed by atoms with E-state index in [-0.39, 0.29) is 11.7 Å². The summed E-state index contributed by atoms with van der Waals surface area (Å²) in [4.78, 5) is 4.37. The number of aromatic nitrogens is 1. The van der Waals surface area contributed by atoms with Crippen molar-refractivity contribution in [1.29, 1.82) is 0 Å². The molecule has 0 unspecified atom stereocenters. The molecule has 17 heavy (non-hydrogen) atoms. The van der Waals surface area contributed by atoms with E-state index in [0.29, 0.717) is 21.6 Å². The van der Waals surface area contributed by atoms with Gasteiger partial charge in [-0.15, -0.1) is 0 Å². The number of nitrogens with zero attached hydrogens (tertiary/aromatic N) is 1. The van der Waals surface area contributed by atoms with Crippen LogP contribution < -0.4 is 5.73 Å². The monoisotopic (exact) mass is 252 g/mol. The molecule has 0 spiro atoms. The minimum Gasteiger partial charge on any atom is -0.398 e. The summed E-state index contributed by atoms with van der Waals surface area (Å²) in [5.41, 5.74) is 8.63. The summed E-state index contributed by atoms with van der Waals surface area (Å²) in [5.74, 6) is -0.179. The number of fused-ring (bicyclic) bond motifs is 1. The Balaban J connectivity index is 2.97. The largest absolute Gasteiger partial charge is 0.398 e. The third-order valence-corrected chi connectivity index (χ3v) is 3.19. The quantitative estimate of drug-likeness (QED) is 0.832. The van der Waals surface area contributed by atoms with Crippen LogP contribution in [0.4, 0.5) is 10.1 Å². The Kier molecular flexibility index (Phi) is 2.96. The molecule has 1 aromatic heterocycles. The summed E-state index contributed by atoms with van der Waals surface area (Å²) in [7, 11) is 0. The van der Waals surface area contributed by atoms with Crippen molar-refractivity contribution < 1.29 is 4.39 Å². The van der Waals surface area contributed by atoms with Crippen LogP contribution in [0.15, 0.2) is 12.1 Å². The summed E-state index contributed by atoms with van der Waals surface area (Å²) in [6, 6.07) is 2.82. The maximum absolute atomic E-state index is 13.8. The zero-order valence-corrected chi connectivity index (χ0v) is 10.8. The Bertz CT molecular complexity index is 594.